The van der Waals surface area contributed by atoms with Crippen LogP contribution in [0.5, 0.6) is 0 Å². The number of carbonyl (C=O) groups excluding carboxylic acids is 2. The third kappa shape index (κ3) is 4.70. The van der Waals surface area contributed by atoms with Crippen LogP contribution in [0.2, 0.25) is 0 Å². The molecule has 0 aromatic carbocycles. The van der Waals surface area contributed by atoms with Crippen molar-refractivity contribution in [2.24, 2.45) is 0 Å². The molecular formula is C19H15N3O4. The number of nitrogens with zero attached hydrogens (tertiary/aromatic N) is 3. The molecule has 26 heavy (non-hydrogen) atoms. The second-order valence-corrected chi connectivity index (χ2v) is 5.34. The van der Waals surface area contributed by atoms with Gasteiger partial charge in [-0.05, 0) is 18.2 Å². The van der Waals surface area contributed by atoms with Gasteiger partial charge in [-0.3, -0.25) is 15.0 Å². The first kappa shape index (κ1) is 17.2. The molecule has 0 fully saturated rings. The van der Waals surface area contributed by atoms with Gasteiger partial charge in [0.2, 0.25) is 0 Å². The van der Waals surface area contributed by atoms with Gasteiger partial charge in [-0.25, -0.2) is 9.59 Å². The Bertz CT molecular complexity index is 815. The molecule has 0 bridgehead atoms. The van der Waals surface area contributed by atoms with Gasteiger partial charge in [0.25, 0.3) is 0 Å². The summed E-state index contributed by atoms with van der Waals surface area (Å²) in [5.41, 5.74) is 1.87. The number of rotatable bonds is 6. The molecule has 0 saturated carbocycles. The average Bonchev–Trinajstić information content (AvgIpc) is 2.72. The monoisotopic (exact) mass is 349 g/mol. The van der Waals surface area contributed by atoms with E-state index in [0.29, 0.717) is 0 Å². The summed E-state index contributed by atoms with van der Waals surface area (Å²) < 4.78 is 10.4. The summed E-state index contributed by atoms with van der Waals surface area (Å²) in [5, 5.41) is 0. The average molecular weight is 349 g/mol. The van der Waals surface area contributed by atoms with Crippen molar-refractivity contribution < 1.29 is 19.1 Å². The number of hydrogen-bond acceptors (Lipinski definition) is 7. The highest BCUT2D eigenvalue weighted by Gasteiger charge is 2.14. The summed E-state index contributed by atoms with van der Waals surface area (Å²) >= 11 is 0. The van der Waals surface area contributed by atoms with E-state index in [4.69, 9.17) is 9.47 Å². The predicted octanol–water partition coefficient (Wildman–Crippen LogP) is 2.59. The first-order valence-electron chi connectivity index (χ1n) is 7.79. The second-order valence-electron chi connectivity index (χ2n) is 5.34. The molecule has 3 aromatic heterocycles. The van der Waals surface area contributed by atoms with E-state index in [1.54, 1.807) is 49.1 Å². The van der Waals surface area contributed by atoms with Crippen molar-refractivity contribution in [3.05, 3.63) is 89.8 Å². The van der Waals surface area contributed by atoms with E-state index in [0.717, 1.165) is 11.1 Å². The minimum absolute atomic E-state index is 0.0857. The first-order chi connectivity index (χ1) is 12.7. The van der Waals surface area contributed by atoms with Crippen LogP contribution in [-0.2, 0) is 22.7 Å². The van der Waals surface area contributed by atoms with Gasteiger partial charge in [-0.1, -0.05) is 12.1 Å². The zero-order valence-electron chi connectivity index (χ0n) is 13.7. The maximum absolute atomic E-state index is 12.1. The van der Waals surface area contributed by atoms with Gasteiger partial charge in [0, 0.05) is 48.3 Å². The third-order valence-corrected chi connectivity index (χ3v) is 3.40. The minimum atomic E-state index is -0.580. The fourth-order valence-electron chi connectivity index (χ4n) is 2.09. The third-order valence-electron chi connectivity index (χ3n) is 3.40. The fourth-order valence-corrected chi connectivity index (χ4v) is 2.09. The Morgan fingerprint density at radius 2 is 1.23 bits per heavy atom. The number of esters is 2. The Kier molecular flexibility index (Phi) is 5.61. The number of pyridine rings is 3. The topological polar surface area (TPSA) is 91.3 Å². The summed E-state index contributed by atoms with van der Waals surface area (Å²) in [7, 11) is 0. The lowest BCUT2D eigenvalue weighted by Crippen LogP contribution is -2.10. The lowest BCUT2D eigenvalue weighted by molar-refractivity contribution is 0.0469. The summed E-state index contributed by atoms with van der Waals surface area (Å²) in [6.07, 6.45) is 9.16. The molecule has 0 amide bonds. The van der Waals surface area contributed by atoms with Gasteiger partial charge >= 0.3 is 11.9 Å². The van der Waals surface area contributed by atoms with Crippen molar-refractivity contribution >= 4 is 11.9 Å². The Morgan fingerprint density at radius 1 is 0.731 bits per heavy atom. The Hall–Kier alpha value is -3.61. The summed E-state index contributed by atoms with van der Waals surface area (Å²) in [6.45, 7) is 0.171. The molecule has 3 heterocycles. The highest BCUT2D eigenvalue weighted by molar-refractivity contribution is 5.94. The molecule has 0 aliphatic heterocycles. The van der Waals surface area contributed by atoms with Gasteiger partial charge in [-0.15, -0.1) is 0 Å². The van der Waals surface area contributed by atoms with Crippen molar-refractivity contribution in [1.29, 1.82) is 0 Å². The van der Waals surface area contributed by atoms with Gasteiger partial charge in [0.05, 0.1) is 11.1 Å². The second kappa shape index (κ2) is 8.48. The van der Waals surface area contributed by atoms with Gasteiger partial charge in [0.1, 0.15) is 13.2 Å². The van der Waals surface area contributed by atoms with E-state index < -0.39 is 11.9 Å². The van der Waals surface area contributed by atoms with Crippen LogP contribution < -0.4 is 0 Å². The molecule has 0 unspecified atom stereocenters. The van der Waals surface area contributed by atoms with Crippen LogP contribution in [0.3, 0.4) is 0 Å². The van der Waals surface area contributed by atoms with E-state index in [9.17, 15) is 9.59 Å². The largest absolute Gasteiger partial charge is 0.457 e. The van der Waals surface area contributed by atoms with E-state index in [1.165, 1.54) is 18.5 Å². The molecule has 0 spiro atoms. The number of carbonyl (C=O) groups is 2. The fraction of sp³-hybridized carbons (Fsp3) is 0.105. The van der Waals surface area contributed by atoms with Crippen LogP contribution in [0.15, 0.2) is 67.5 Å². The summed E-state index contributed by atoms with van der Waals surface area (Å²) in [4.78, 5) is 36.1. The molecule has 0 atom stereocenters. The van der Waals surface area contributed by atoms with Crippen molar-refractivity contribution in [3.8, 4) is 0 Å². The van der Waals surface area contributed by atoms with Gasteiger partial charge < -0.3 is 9.47 Å². The minimum Gasteiger partial charge on any atom is -0.457 e. The zero-order valence-corrected chi connectivity index (χ0v) is 13.7. The standard InChI is InChI=1S/C19H15N3O4/c23-18(25-12-14-3-1-5-20-8-14)16-7-17(11-22-10-16)19(24)26-13-15-4-2-6-21-9-15/h1-11H,12-13H2. The lowest BCUT2D eigenvalue weighted by Gasteiger charge is -2.07. The molecule has 7 nitrogen and oxygen atoms in total. The highest BCUT2D eigenvalue weighted by atomic mass is 16.5. The maximum atomic E-state index is 12.1. The Balaban J connectivity index is 1.60. The van der Waals surface area contributed by atoms with Crippen LogP contribution in [0.4, 0.5) is 0 Å². The normalized spacial score (nSPS) is 10.2. The van der Waals surface area contributed by atoms with Crippen molar-refractivity contribution in [2.75, 3.05) is 0 Å². The van der Waals surface area contributed by atoms with Crippen LogP contribution in [0.1, 0.15) is 31.8 Å². The van der Waals surface area contributed by atoms with Crippen molar-refractivity contribution in [1.82, 2.24) is 15.0 Å². The molecule has 0 radical (unpaired) electrons. The Labute approximate surface area is 149 Å². The predicted molar refractivity (Wildman–Crippen MR) is 91.0 cm³/mol. The van der Waals surface area contributed by atoms with E-state index in [1.807, 2.05) is 0 Å². The molecule has 3 aromatic rings. The van der Waals surface area contributed by atoms with Crippen LogP contribution in [0.25, 0.3) is 0 Å². The van der Waals surface area contributed by atoms with Crippen LogP contribution >= 0.6 is 0 Å². The van der Waals surface area contributed by atoms with Crippen LogP contribution in [-0.4, -0.2) is 26.9 Å². The maximum Gasteiger partial charge on any atom is 0.340 e. The summed E-state index contributed by atoms with van der Waals surface area (Å²) in [6, 6.07) is 8.49. The number of ether oxygens (including phenoxy) is 2. The van der Waals surface area contributed by atoms with Gasteiger partial charge in [0.15, 0.2) is 0 Å². The van der Waals surface area contributed by atoms with Crippen LogP contribution in [0, 0.1) is 0 Å². The highest BCUT2D eigenvalue weighted by Crippen LogP contribution is 2.09. The van der Waals surface area contributed by atoms with Gasteiger partial charge in [-0.2, -0.15) is 0 Å². The quantitative estimate of drug-likeness (QED) is 0.632. The molecule has 0 aliphatic carbocycles. The van der Waals surface area contributed by atoms with E-state index in [2.05, 4.69) is 15.0 Å². The van der Waals surface area contributed by atoms with E-state index >= 15 is 0 Å². The Morgan fingerprint density at radius 3 is 1.65 bits per heavy atom. The van der Waals surface area contributed by atoms with E-state index in [-0.39, 0.29) is 24.3 Å². The lowest BCUT2D eigenvalue weighted by atomic mass is 10.2. The molecule has 3 rings (SSSR count). The molecule has 0 aliphatic rings. The number of aromatic nitrogens is 3. The number of hydrogen-bond donors (Lipinski definition) is 0. The zero-order chi connectivity index (χ0) is 18.2. The summed E-state index contributed by atoms with van der Waals surface area (Å²) in [5.74, 6) is -1.16. The SMILES string of the molecule is O=C(OCc1cccnc1)c1cncc(C(=O)OCc2cccnc2)c1. The molecule has 0 saturated heterocycles. The molecule has 0 N–H and O–H groups in total. The smallest absolute Gasteiger partial charge is 0.340 e. The van der Waals surface area contributed by atoms with Crippen molar-refractivity contribution in [2.45, 2.75) is 13.2 Å². The first-order valence-corrected chi connectivity index (χ1v) is 7.79. The van der Waals surface area contributed by atoms with Crippen molar-refractivity contribution in [3.63, 3.8) is 0 Å². The molecule has 130 valence electrons. The molecule has 7 heteroatoms. The molecular weight excluding hydrogens is 334 g/mol.